The van der Waals surface area contributed by atoms with Crippen molar-refractivity contribution in [1.29, 1.82) is 0 Å². The number of thioether (sulfide) groups is 1. The normalized spacial score (nSPS) is 10.2. The number of rotatable bonds is 6. The van der Waals surface area contributed by atoms with E-state index in [1.165, 1.54) is 19.1 Å². The Morgan fingerprint density at radius 1 is 1.39 bits per heavy atom. The van der Waals surface area contributed by atoms with Crippen LogP contribution in [0.2, 0.25) is 0 Å². The van der Waals surface area contributed by atoms with Gasteiger partial charge in [0.2, 0.25) is 5.91 Å². The van der Waals surface area contributed by atoms with Crippen LogP contribution in [0.3, 0.4) is 0 Å². The van der Waals surface area contributed by atoms with Crippen molar-refractivity contribution in [3.63, 3.8) is 0 Å². The lowest BCUT2D eigenvalue weighted by molar-refractivity contribution is -0.118. The smallest absolute Gasteiger partial charge is 0.230 e. The van der Waals surface area contributed by atoms with Crippen LogP contribution in [0.1, 0.15) is 30.6 Å². The Morgan fingerprint density at radius 3 is 2.67 bits per heavy atom. The Kier molecular flexibility index (Phi) is 5.85. The van der Waals surface area contributed by atoms with Gasteiger partial charge in [-0.3, -0.25) is 9.59 Å². The molecule has 0 aliphatic heterocycles. The highest BCUT2D eigenvalue weighted by Gasteiger charge is 2.09. The third-order valence-corrected chi connectivity index (χ3v) is 3.32. The second-order valence-corrected chi connectivity index (χ2v) is 4.86. The van der Waals surface area contributed by atoms with E-state index in [1.54, 1.807) is 6.07 Å². The minimum absolute atomic E-state index is 0.114. The van der Waals surface area contributed by atoms with Crippen molar-refractivity contribution in [2.75, 3.05) is 12.3 Å². The molecule has 0 heterocycles. The molecule has 0 atom stereocenters. The molecule has 1 N–H and O–H groups in total. The maximum atomic E-state index is 13.6. The van der Waals surface area contributed by atoms with Crippen LogP contribution >= 0.6 is 11.8 Å². The standard InChI is InChI=1S/C13H16FNO2S/c1-3-6-15-13(17)8-18-12-5-4-10(9(2)16)7-11(12)14/h4-5,7H,3,6,8H2,1-2H3,(H,15,17). The second-order valence-electron chi connectivity index (χ2n) is 3.84. The lowest BCUT2D eigenvalue weighted by Crippen LogP contribution is -2.25. The summed E-state index contributed by atoms with van der Waals surface area (Å²) in [5, 5.41) is 2.72. The Morgan fingerprint density at radius 2 is 2.11 bits per heavy atom. The molecule has 0 bridgehead atoms. The van der Waals surface area contributed by atoms with Crippen molar-refractivity contribution in [2.24, 2.45) is 0 Å². The van der Waals surface area contributed by atoms with Gasteiger partial charge in [0.05, 0.1) is 5.75 Å². The first-order chi connectivity index (χ1) is 8.54. The Labute approximate surface area is 110 Å². The molecule has 0 spiro atoms. The van der Waals surface area contributed by atoms with Crippen LogP contribution in [0.15, 0.2) is 23.1 Å². The summed E-state index contributed by atoms with van der Waals surface area (Å²) >= 11 is 1.13. The van der Waals surface area contributed by atoms with Crippen molar-refractivity contribution in [1.82, 2.24) is 5.32 Å². The van der Waals surface area contributed by atoms with Crippen molar-refractivity contribution >= 4 is 23.5 Å². The van der Waals surface area contributed by atoms with Gasteiger partial charge in [0.1, 0.15) is 5.82 Å². The zero-order valence-corrected chi connectivity index (χ0v) is 11.3. The maximum Gasteiger partial charge on any atom is 0.230 e. The molecule has 0 unspecified atom stereocenters. The van der Waals surface area contributed by atoms with E-state index >= 15 is 0 Å². The fraction of sp³-hybridized carbons (Fsp3) is 0.385. The number of hydrogen-bond acceptors (Lipinski definition) is 3. The van der Waals surface area contributed by atoms with Crippen LogP contribution in [0.5, 0.6) is 0 Å². The molecule has 1 rings (SSSR count). The first kappa shape index (κ1) is 14.7. The summed E-state index contributed by atoms with van der Waals surface area (Å²) in [6.45, 7) is 3.98. The molecular formula is C13H16FNO2S. The summed E-state index contributed by atoms with van der Waals surface area (Å²) in [4.78, 5) is 22.8. The minimum Gasteiger partial charge on any atom is -0.355 e. The lowest BCUT2D eigenvalue weighted by atomic mass is 10.1. The zero-order chi connectivity index (χ0) is 13.5. The molecule has 18 heavy (non-hydrogen) atoms. The van der Waals surface area contributed by atoms with Gasteiger partial charge in [-0.1, -0.05) is 13.0 Å². The minimum atomic E-state index is -0.462. The molecule has 0 aliphatic carbocycles. The topological polar surface area (TPSA) is 46.2 Å². The van der Waals surface area contributed by atoms with E-state index in [1.807, 2.05) is 6.92 Å². The average Bonchev–Trinajstić information content (AvgIpc) is 2.34. The molecule has 3 nitrogen and oxygen atoms in total. The molecule has 1 aromatic carbocycles. The van der Waals surface area contributed by atoms with Gasteiger partial charge < -0.3 is 5.32 Å². The summed E-state index contributed by atoms with van der Waals surface area (Å²) in [7, 11) is 0. The fourth-order valence-electron chi connectivity index (χ4n) is 1.30. The van der Waals surface area contributed by atoms with Gasteiger partial charge in [-0.2, -0.15) is 0 Å². The predicted molar refractivity (Wildman–Crippen MR) is 70.4 cm³/mol. The van der Waals surface area contributed by atoms with Gasteiger partial charge in [0.15, 0.2) is 5.78 Å². The molecule has 0 aromatic heterocycles. The zero-order valence-electron chi connectivity index (χ0n) is 10.5. The van der Waals surface area contributed by atoms with Crippen LogP contribution in [-0.2, 0) is 4.79 Å². The van der Waals surface area contributed by atoms with E-state index in [4.69, 9.17) is 0 Å². The largest absolute Gasteiger partial charge is 0.355 e. The number of benzene rings is 1. The number of Topliss-reactive ketones (excluding diaryl/α,β-unsaturated/α-hetero) is 1. The van der Waals surface area contributed by atoms with Gasteiger partial charge in [-0.05, 0) is 25.5 Å². The molecule has 0 saturated heterocycles. The van der Waals surface area contributed by atoms with E-state index in [-0.39, 0.29) is 17.4 Å². The summed E-state index contributed by atoms with van der Waals surface area (Å²) in [5.41, 5.74) is 0.340. The van der Waals surface area contributed by atoms with E-state index < -0.39 is 5.82 Å². The number of hydrogen-bond donors (Lipinski definition) is 1. The van der Waals surface area contributed by atoms with Crippen molar-refractivity contribution < 1.29 is 14.0 Å². The molecule has 1 amide bonds. The summed E-state index contributed by atoms with van der Waals surface area (Å²) in [6.07, 6.45) is 0.873. The SMILES string of the molecule is CCCNC(=O)CSc1ccc(C(C)=O)cc1F. The van der Waals surface area contributed by atoms with Crippen LogP contribution in [-0.4, -0.2) is 24.0 Å². The number of carbonyl (C=O) groups is 2. The summed E-state index contributed by atoms with van der Waals surface area (Å²) in [5.74, 6) is -0.574. The molecule has 0 radical (unpaired) electrons. The van der Waals surface area contributed by atoms with Gasteiger partial charge >= 0.3 is 0 Å². The fourth-order valence-corrected chi connectivity index (χ4v) is 2.05. The van der Waals surface area contributed by atoms with Gasteiger partial charge in [0, 0.05) is 17.0 Å². The van der Waals surface area contributed by atoms with Gasteiger partial charge in [-0.15, -0.1) is 11.8 Å². The van der Waals surface area contributed by atoms with Crippen molar-refractivity contribution in [3.05, 3.63) is 29.6 Å². The summed E-state index contributed by atoms with van der Waals surface area (Å²) < 4.78 is 13.6. The monoisotopic (exact) mass is 269 g/mol. The van der Waals surface area contributed by atoms with E-state index in [0.717, 1.165) is 18.2 Å². The van der Waals surface area contributed by atoms with Crippen molar-refractivity contribution in [3.8, 4) is 0 Å². The van der Waals surface area contributed by atoms with Crippen LogP contribution in [0, 0.1) is 5.82 Å². The van der Waals surface area contributed by atoms with Crippen LogP contribution in [0.25, 0.3) is 0 Å². The number of ketones is 1. The third-order valence-electron chi connectivity index (χ3n) is 2.27. The predicted octanol–water partition coefficient (Wildman–Crippen LogP) is 2.65. The number of carbonyl (C=O) groups excluding carboxylic acids is 2. The third kappa shape index (κ3) is 4.49. The van der Waals surface area contributed by atoms with E-state index in [2.05, 4.69) is 5.32 Å². The molecule has 0 fully saturated rings. The van der Waals surface area contributed by atoms with Crippen LogP contribution in [0.4, 0.5) is 4.39 Å². The maximum absolute atomic E-state index is 13.6. The number of amides is 1. The van der Waals surface area contributed by atoms with Crippen LogP contribution < -0.4 is 5.32 Å². The first-order valence-electron chi connectivity index (χ1n) is 5.74. The van der Waals surface area contributed by atoms with E-state index in [9.17, 15) is 14.0 Å². The lowest BCUT2D eigenvalue weighted by Gasteiger charge is -2.05. The average molecular weight is 269 g/mol. The molecule has 98 valence electrons. The molecular weight excluding hydrogens is 253 g/mol. The number of halogens is 1. The van der Waals surface area contributed by atoms with Gasteiger partial charge in [0.25, 0.3) is 0 Å². The second kappa shape index (κ2) is 7.16. The quantitative estimate of drug-likeness (QED) is 0.638. The van der Waals surface area contributed by atoms with Gasteiger partial charge in [-0.25, -0.2) is 4.39 Å². The molecule has 0 saturated carbocycles. The summed E-state index contributed by atoms with van der Waals surface area (Å²) in [6, 6.07) is 4.30. The van der Waals surface area contributed by atoms with E-state index in [0.29, 0.717) is 17.0 Å². The Bertz CT molecular complexity index is 449. The Balaban J connectivity index is 2.58. The van der Waals surface area contributed by atoms with Crippen molar-refractivity contribution in [2.45, 2.75) is 25.2 Å². The Hall–Kier alpha value is -1.36. The molecule has 0 aliphatic rings. The highest BCUT2D eigenvalue weighted by atomic mass is 32.2. The number of nitrogens with one attached hydrogen (secondary N) is 1. The molecule has 1 aromatic rings. The molecule has 5 heteroatoms. The highest BCUT2D eigenvalue weighted by Crippen LogP contribution is 2.22. The highest BCUT2D eigenvalue weighted by molar-refractivity contribution is 8.00. The first-order valence-corrected chi connectivity index (χ1v) is 6.73.